The predicted octanol–water partition coefficient (Wildman–Crippen LogP) is 0.00970. The second-order valence-corrected chi connectivity index (χ2v) is 5.88. The minimum atomic E-state index is 0. The van der Waals surface area contributed by atoms with Crippen LogP contribution in [0.2, 0.25) is 0 Å². The third kappa shape index (κ3) is 8.33. The molecule has 0 saturated heterocycles. The number of halogens is 1. The minimum absolute atomic E-state index is 0. The van der Waals surface area contributed by atoms with Crippen LogP contribution in [0, 0.1) is 0 Å². The Bertz CT molecular complexity index is 802. The number of amidine groups is 1. The summed E-state index contributed by atoms with van der Waals surface area (Å²) in [5.41, 5.74) is 4.68. The molecular formula is C18H19ClCuN6S2. The number of thiocarbonyl (C=S) groups is 1. The van der Waals surface area contributed by atoms with Crippen LogP contribution in [-0.2, 0) is 29.7 Å². The summed E-state index contributed by atoms with van der Waals surface area (Å²) in [7, 11) is 3.70. The van der Waals surface area contributed by atoms with E-state index in [1.807, 2.05) is 79.7 Å². The normalized spacial score (nSPS) is 10.9. The molecule has 0 unspecified atom stereocenters. The molecule has 6 nitrogen and oxygen atoms in total. The van der Waals surface area contributed by atoms with E-state index < -0.39 is 0 Å². The van der Waals surface area contributed by atoms with Gasteiger partial charge in [-0.25, -0.2) is 0 Å². The maximum absolute atomic E-state index is 5.27. The van der Waals surface area contributed by atoms with E-state index in [0.29, 0.717) is 10.3 Å². The van der Waals surface area contributed by atoms with Crippen molar-refractivity contribution in [3.05, 3.63) is 60.7 Å². The number of nitrogens with one attached hydrogen (secondary N) is 1. The molecule has 0 bridgehead atoms. The zero-order valence-electron chi connectivity index (χ0n) is 15.2. The van der Waals surface area contributed by atoms with Crippen LogP contribution in [0.25, 0.3) is 0 Å². The summed E-state index contributed by atoms with van der Waals surface area (Å²) in [4.78, 5) is 3.59. The predicted molar refractivity (Wildman–Crippen MR) is 117 cm³/mol. The molecule has 2 aromatic rings. The van der Waals surface area contributed by atoms with E-state index >= 15 is 0 Å². The number of anilines is 2. The summed E-state index contributed by atoms with van der Waals surface area (Å²) in [6.07, 6.45) is 2.89. The quantitative estimate of drug-likeness (QED) is 0.163. The van der Waals surface area contributed by atoms with Crippen molar-refractivity contribution >= 4 is 58.9 Å². The van der Waals surface area contributed by atoms with Crippen LogP contribution in [0.3, 0.4) is 0 Å². The number of nitrogens with zero attached hydrogens (tertiary/aromatic N) is 5. The van der Waals surface area contributed by atoms with Crippen LogP contribution in [0.5, 0.6) is 0 Å². The molecule has 28 heavy (non-hydrogen) atoms. The van der Waals surface area contributed by atoms with Gasteiger partial charge >= 0.3 is 17.1 Å². The molecule has 1 radical (unpaired) electrons. The summed E-state index contributed by atoms with van der Waals surface area (Å²) >= 11 is 10.5. The van der Waals surface area contributed by atoms with E-state index in [4.69, 9.17) is 24.8 Å². The standard InChI is InChI=1S/C18H20N6S2.ClH.Cu/c1-23(15-9-5-3-6-10-15)17(25)21-19-13-14-20-22-18(26)24(2)16-11-7-4-8-12-16;;/h3-14H,1-2H3,(H,21,25)(H,22,26);1H;/q;;+2/p-2/b19-13+,20-14+;;. The fourth-order valence-electron chi connectivity index (χ4n) is 1.91. The monoisotopic (exact) mass is 481 g/mol. The molecular weight excluding hydrogens is 463 g/mol. The van der Waals surface area contributed by atoms with E-state index in [1.54, 1.807) is 4.90 Å². The number of hydrogen-bond donors (Lipinski definition) is 1. The van der Waals surface area contributed by atoms with E-state index in [0.717, 1.165) is 11.4 Å². The Morgan fingerprint density at radius 3 is 1.96 bits per heavy atom. The molecule has 151 valence electrons. The van der Waals surface area contributed by atoms with Gasteiger partial charge in [0.2, 0.25) is 0 Å². The Hall–Kier alpha value is -2.03. The van der Waals surface area contributed by atoms with Crippen LogP contribution >= 0.6 is 12.2 Å². The van der Waals surface area contributed by atoms with Gasteiger partial charge < -0.3 is 34.8 Å². The maximum Gasteiger partial charge on any atom is 2.00 e. The van der Waals surface area contributed by atoms with Crippen molar-refractivity contribution < 1.29 is 29.5 Å². The molecule has 0 amide bonds. The largest absolute Gasteiger partial charge is 2.00 e. The number of hydrazone groups is 1. The van der Waals surface area contributed by atoms with Crippen molar-refractivity contribution in [2.45, 2.75) is 0 Å². The first-order valence-electron chi connectivity index (χ1n) is 7.77. The molecule has 2 rings (SSSR count). The van der Waals surface area contributed by atoms with Crippen molar-refractivity contribution in [1.82, 2.24) is 5.43 Å². The zero-order chi connectivity index (χ0) is 18.8. The second-order valence-electron chi connectivity index (χ2n) is 5.13. The fourth-order valence-corrected chi connectivity index (χ4v) is 2.22. The van der Waals surface area contributed by atoms with Crippen molar-refractivity contribution in [3.63, 3.8) is 0 Å². The summed E-state index contributed by atoms with van der Waals surface area (Å²) < 4.78 is 0. The summed E-state index contributed by atoms with van der Waals surface area (Å²) in [5, 5.41) is 12.7. The number of rotatable bonds is 5. The molecule has 0 atom stereocenters. The van der Waals surface area contributed by atoms with Crippen LogP contribution in [0.1, 0.15) is 0 Å². The molecule has 10 heteroatoms. The minimum Gasteiger partial charge on any atom is -1.00 e. The Kier molecular flexibility index (Phi) is 13.0. The molecule has 2 aromatic carbocycles. The van der Waals surface area contributed by atoms with Crippen molar-refractivity contribution in [3.8, 4) is 0 Å². The average Bonchev–Trinajstić information content (AvgIpc) is 2.70. The van der Waals surface area contributed by atoms with Crippen molar-refractivity contribution in [1.29, 1.82) is 0 Å². The van der Waals surface area contributed by atoms with Gasteiger partial charge in [-0.2, -0.15) is 15.3 Å². The van der Waals surface area contributed by atoms with E-state index in [1.165, 1.54) is 12.4 Å². The number of para-hydroxylation sites is 2. The van der Waals surface area contributed by atoms with Gasteiger partial charge in [-0.3, -0.25) is 5.43 Å². The Morgan fingerprint density at radius 1 is 0.929 bits per heavy atom. The van der Waals surface area contributed by atoms with Gasteiger partial charge in [0, 0.05) is 30.6 Å². The van der Waals surface area contributed by atoms with Gasteiger partial charge in [-0.05, 0) is 36.5 Å². The molecule has 0 aliphatic carbocycles. The van der Waals surface area contributed by atoms with Crippen LogP contribution in [0.15, 0.2) is 76.0 Å². The van der Waals surface area contributed by atoms with Crippen molar-refractivity contribution in [2.75, 3.05) is 23.9 Å². The molecule has 0 aliphatic rings. The van der Waals surface area contributed by atoms with Crippen LogP contribution in [0.4, 0.5) is 11.4 Å². The van der Waals surface area contributed by atoms with Crippen molar-refractivity contribution in [2.24, 2.45) is 15.3 Å². The molecule has 1 N–H and O–H groups in total. The second kappa shape index (κ2) is 14.0. The SMILES string of the molecule is CN(C(=S)N/N=C/C=N/N=C(\[S-])N(C)c1ccccc1)c1ccccc1.[Cl-].[Cu+2]. The van der Waals surface area contributed by atoms with Gasteiger partial charge in [0.05, 0.1) is 12.4 Å². The van der Waals surface area contributed by atoms with Gasteiger partial charge in [-0.15, -0.1) is 0 Å². The summed E-state index contributed by atoms with van der Waals surface area (Å²) in [6, 6.07) is 19.5. The molecule has 0 fully saturated rings. The third-order valence-electron chi connectivity index (χ3n) is 3.39. The van der Waals surface area contributed by atoms with Gasteiger partial charge in [0.15, 0.2) is 5.11 Å². The van der Waals surface area contributed by atoms with Crippen LogP contribution < -0.4 is 27.6 Å². The summed E-state index contributed by atoms with van der Waals surface area (Å²) in [6.45, 7) is 0. The molecule has 0 saturated carbocycles. The average molecular weight is 483 g/mol. The first kappa shape index (κ1) is 26.0. The first-order valence-corrected chi connectivity index (χ1v) is 8.58. The Balaban J connectivity index is 0.00000364. The van der Waals surface area contributed by atoms with Gasteiger partial charge in [0.25, 0.3) is 0 Å². The van der Waals surface area contributed by atoms with E-state index in [2.05, 4.69) is 20.7 Å². The fraction of sp³-hybridized carbons (Fsp3) is 0.111. The Labute approximate surface area is 193 Å². The smallest absolute Gasteiger partial charge is 1.00 e. The van der Waals surface area contributed by atoms with Gasteiger partial charge in [-0.1, -0.05) is 36.4 Å². The third-order valence-corrected chi connectivity index (χ3v) is 4.11. The molecule has 0 spiro atoms. The van der Waals surface area contributed by atoms with E-state index in [9.17, 15) is 0 Å². The maximum atomic E-state index is 5.27. The Morgan fingerprint density at radius 2 is 1.43 bits per heavy atom. The van der Waals surface area contributed by atoms with E-state index in [-0.39, 0.29) is 29.5 Å². The molecule has 0 aliphatic heterocycles. The zero-order valence-corrected chi connectivity index (χ0v) is 18.5. The van der Waals surface area contributed by atoms with Gasteiger partial charge in [0.1, 0.15) is 0 Å². The molecule has 0 aromatic heterocycles. The summed E-state index contributed by atoms with van der Waals surface area (Å²) in [5.74, 6) is 0. The number of hydrogen-bond acceptors (Lipinski definition) is 5. The topological polar surface area (TPSA) is 55.6 Å². The first-order chi connectivity index (χ1) is 12.6. The van der Waals surface area contributed by atoms with Crippen LogP contribution in [-0.4, -0.2) is 36.8 Å². The number of benzene rings is 2. The molecule has 0 heterocycles.